The van der Waals surface area contributed by atoms with Crippen molar-refractivity contribution in [3.63, 3.8) is 0 Å². The van der Waals surface area contributed by atoms with Crippen molar-refractivity contribution in [2.45, 2.75) is 31.2 Å². The van der Waals surface area contributed by atoms with E-state index < -0.39 is 10.0 Å². The molecule has 0 amide bonds. The summed E-state index contributed by atoms with van der Waals surface area (Å²) in [6, 6.07) is 7.05. The molecule has 1 aliphatic heterocycles. The molecular weight excluding hydrogens is 264 g/mol. The van der Waals surface area contributed by atoms with Crippen LogP contribution in [0.2, 0.25) is 0 Å². The molecule has 0 radical (unpaired) electrons. The zero-order valence-electron chi connectivity index (χ0n) is 10.8. The van der Waals surface area contributed by atoms with Crippen molar-refractivity contribution in [3.05, 3.63) is 35.4 Å². The number of benzene rings is 1. The number of aliphatic hydroxyl groups excluding tert-OH is 1. The zero-order valence-corrected chi connectivity index (χ0v) is 11.6. The predicted molar refractivity (Wildman–Crippen MR) is 73.8 cm³/mol. The van der Waals surface area contributed by atoms with E-state index in [0.29, 0.717) is 13.1 Å². The quantitative estimate of drug-likeness (QED) is 0.821. The highest BCUT2D eigenvalue weighted by atomic mass is 32.2. The Kier molecular flexibility index (Phi) is 4.57. The Balaban J connectivity index is 2.16. The van der Waals surface area contributed by atoms with E-state index in [0.717, 1.165) is 24.0 Å². The van der Waals surface area contributed by atoms with Gasteiger partial charge in [0.1, 0.15) is 0 Å². The fourth-order valence-corrected chi connectivity index (χ4v) is 4.30. The lowest BCUT2D eigenvalue weighted by Gasteiger charge is -2.22. The number of sulfonamides is 1. The van der Waals surface area contributed by atoms with E-state index in [9.17, 15) is 13.5 Å². The second-order valence-corrected chi connectivity index (χ2v) is 6.79. The monoisotopic (exact) mass is 284 g/mol. The molecule has 1 atom stereocenters. The highest BCUT2D eigenvalue weighted by Gasteiger charge is 2.33. The molecule has 0 bridgehead atoms. The summed E-state index contributed by atoms with van der Waals surface area (Å²) in [6.07, 6.45) is 1.55. The van der Waals surface area contributed by atoms with E-state index in [1.165, 1.54) is 4.31 Å². The molecular formula is C13H20N2O3S. The van der Waals surface area contributed by atoms with Gasteiger partial charge in [0.2, 0.25) is 10.0 Å². The average molecular weight is 284 g/mol. The van der Waals surface area contributed by atoms with Crippen LogP contribution >= 0.6 is 0 Å². The van der Waals surface area contributed by atoms with Crippen LogP contribution < -0.4 is 5.73 Å². The van der Waals surface area contributed by atoms with Crippen molar-refractivity contribution in [2.24, 2.45) is 5.73 Å². The third-order valence-corrected chi connectivity index (χ3v) is 5.36. The third-order valence-electron chi connectivity index (χ3n) is 3.47. The van der Waals surface area contributed by atoms with E-state index in [2.05, 4.69) is 0 Å². The third kappa shape index (κ3) is 3.33. The van der Waals surface area contributed by atoms with E-state index in [1.54, 1.807) is 6.07 Å². The largest absolute Gasteiger partial charge is 0.395 e. The maximum atomic E-state index is 12.4. The summed E-state index contributed by atoms with van der Waals surface area (Å²) in [5.41, 5.74) is 7.22. The second kappa shape index (κ2) is 6.00. The zero-order chi connectivity index (χ0) is 13.9. The number of nitrogens with zero attached hydrogens (tertiary/aromatic N) is 1. The lowest BCUT2D eigenvalue weighted by atomic mass is 10.1. The van der Waals surface area contributed by atoms with Gasteiger partial charge in [-0.1, -0.05) is 24.3 Å². The Morgan fingerprint density at radius 2 is 2.11 bits per heavy atom. The van der Waals surface area contributed by atoms with Crippen LogP contribution in [0.1, 0.15) is 24.0 Å². The maximum absolute atomic E-state index is 12.4. The molecule has 1 saturated heterocycles. The van der Waals surface area contributed by atoms with Gasteiger partial charge in [0, 0.05) is 19.1 Å². The molecule has 0 spiro atoms. The van der Waals surface area contributed by atoms with Gasteiger partial charge in [-0.2, -0.15) is 4.31 Å². The van der Waals surface area contributed by atoms with Crippen molar-refractivity contribution in [1.29, 1.82) is 0 Å². The number of rotatable bonds is 5. The molecule has 0 saturated carbocycles. The Morgan fingerprint density at radius 1 is 1.37 bits per heavy atom. The fourth-order valence-electron chi connectivity index (χ4n) is 2.50. The number of hydrogen-bond acceptors (Lipinski definition) is 4. The van der Waals surface area contributed by atoms with Gasteiger partial charge in [0.25, 0.3) is 0 Å². The van der Waals surface area contributed by atoms with Gasteiger partial charge in [0.05, 0.1) is 12.4 Å². The molecule has 5 nitrogen and oxygen atoms in total. The first kappa shape index (κ1) is 14.5. The first-order chi connectivity index (χ1) is 9.06. The van der Waals surface area contributed by atoms with Crippen LogP contribution in [0, 0.1) is 0 Å². The molecule has 2 rings (SSSR count). The van der Waals surface area contributed by atoms with E-state index in [-0.39, 0.29) is 18.4 Å². The number of hydrogen-bond donors (Lipinski definition) is 2. The van der Waals surface area contributed by atoms with Gasteiger partial charge in [-0.15, -0.1) is 0 Å². The van der Waals surface area contributed by atoms with Crippen molar-refractivity contribution in [1.82, 2.24) is 4.31 Å². The lowest BCUT2D eigenvalue weighted by molar-refractivity contribution is 0.213. The molecule has 19 heavy (non-hydrogen) atoms. The summed E-state index contributed by atoms with van der Waals surface area (Å²) in [7, 11) is -3.37. The highest BCUT2D eigenvalue weighted by molar-refractivity contribution is 7.88. The summed E-state index contributed by atoms with van der Waals surface area (Å²) >= 11 is 0. The Bertz CT molecular complexity index is 530. The van der Waals surface area contributed by atoms with Gasteiger partial charge >= 0.3 is 0 Å². The van der Waals surface area contributed by atoms with Crippen LogP contribution in [0.4, 0.5) is 0 Å². The first-order valence-corrected chi connectivity index (χ1v) is 8.06. The Labute approximate surface area is 114 Å². The SMILES string of the molecule is NCc1cccc(CS(=O)(=O)N2CCCC2CO)c1. The molecule has 1 unspecified atom stereocenters. The topological polar surface area (TPSA) is 83.6 Å². The Morgan fingerprint density at radius 3 is 2.79 bits per heavy atom. The minimum Gasteiger partial charge on any atom is -0.395 e. The van der Waals surface area contributed by atoms with Crippen LogP contribution in [-0.2, 0) is 22.3 Å². The molecule has 1 fully saturated rings. The average Bonchev–Trinajstić information content (AvgIpc) is 2.87. The molecule has 0 aliphatic carbocycles. The van der Waals surface area contributed by atoms with Crippen LogP contribution in [0.15, 0.2) is 24.3 Å². The molecule has 106 valence electrons. The fraction of sp³-hybridized carbons (Fsp3) is 0.538. The first-order valence-electron chi connectivity index (χ1n) is 6.45. The smallest absolute Gasteiger partial charge is 0.218 e. The van der Waals surface area contributed by atoms with E-state index >= 15 is 0 Å². The van der Waals surface area contributed by atoms with Gasteiger partial charge in [0.15, 0.2) is 0 Å². The van der Waals surface area contributed by atoms with Crippen molar-refractivity contribution >= 4 is 10.0 Å². The maximum Gasteiger partial charge on any atom is 0.218 e. The van der Waals surface area contributed by atoms with Crippen LogP contribution in [0.5, 0.6) is 0 Å². The molecule has 1 aromatic carbocycles. The van der Waals surface area contributed by atoms with Crippen LogP contribution in [-0.4, -0.2) is 37.0 Å². The van der Waals surface area contributed by atoms with Crippen LogP contribution in [0.25, 0.3) is 0 Å². The van der Waals surface area contributed by atoms with Gasteiger partial charge in [-0.25, -0.2) is 8.42 Å². The van der Waals surface area contributed by atoms with Crippen molar-refractivity contribution in [3.8, 4) is 0 Å². The molecule has 3 N–H and O–H groups in total. The van der Waals surface area contributed by atoms with Gasteiger partial charge in [-0.05, 0) is 24.0 Å². The van der Waals surface area contributed by atoms with Gasteiger partial charge < -0.3 is 10.8 Å². The van der Waals surface area contributed by atoms with E-state index in [1.807, 2.05) is 18.2 Å². The summed E-state index contributed by atoms with van der Waals surface area (Å²) in [5, 5.41) is 9.23. The molecule has 1 aromatic rings. The van der Waals surface area contributed by atoms with Crippen molar-refractivity contribution in [2.75, 3.05) is 13.2 Å². The molecule has 1 aliphatic rings. The molecule has 6 heteroatoms. The summed E-state index contributed by atoms with van der Waals surface area (Å²) in [6.45, 7) is 0.795. The predicted octanol–water partition coefficient (Wildman–Crippen LogP) is 0.432. The summed E-state index contributed by atoms with van der Waals surface area (Å²) in [5.74, 6) is -0.0304. The number of nitrogens with two attached hydrogens (primary N) is 1. The van der Waals surface area contributed by atoms with E-state index in [4.69, 9.17) is 5.73 Å². The minimum atomic E-state index is -3.37. The summed E-state index contributed by atoms with van der Waals surface area (Å²) in [4.78, 5) is 0. The normalized spacial score (nSPS) is 20.8. The highest BCUT2D eigenvalue weighted by Crippen LogP contribution is 2.23. The standard InChI is InChI=1S/C13H20N2O3S/c14-8-11-3-1-4-12(7-11)10-19(17,18)15-6-2-5-13(15)9-16/h1,3-4,7,13,16H,2,5-6,8-10,14H2. The summed E-state index contributed by atoms with van der Waals surface area (Å²) < 4.78 is 26.1. The minimum absolute atomic E-state index is 0.0304. The van der Waals surface area contributed by atoms with Gasteiger partial charge in [-0.3, -0.25) is 0 Å². The lowest BCUT2D eigenvalue weighted by Crippen LogP contribution is -2.38. The second-order valence-electron chi connectivity index (χ2n) is 4.87. The molecule has 1 heterocycles. The van der Waals surface area contributed by atoms with Crippen molar-refractivity contribution < 1.29 is 13.5 Å². The Hall–Kier alpha value is -0.950. The number of aliphatic hydroxyl groups is 1. The molecule has 0 aromatic heterocycles. The van der Waals surface area contributed by atoms with Crippen LogP contribution in [0.3, 0.4) is 0 Å².